The highest BCUT2D eigenvalue weighted by Crippen LogP contribution is 2.32. The molecule has 1 saturated carbocycles. The third-order valence-electron chi connectivity index (χ3n) is 3.69. The zero-order valence-corrected chi connectivity index (χ0v) is 12.7. The second kappa shape index (κ2) is 6.45. The van der Waals surface area contributed by atoms with Crippen molar-refractivity contribution in [2.45, 2.75) is 36.1 Å². The summed E-state index contributed by atoms with van der Waals surface area (Å²) in [4.78, 5) is 23.0. The minimum Gasteiger partial charge on any atom is -0.480 e. The molecule has 0 aliphatic heterocycles. The van der Waals surface area contributed by atoms with Gasteiger partial charge in [-0.15, -0.1) is 0 Å². The van der Waals surface area contributed by atoms with Crippen LogP contribution in [-0.4, -0.2) is 37.5 Å². The fourth-order valence-corrected chi connectivity index (χ4v) is 3.29. The molecule has 0 heterocycles. The summed E-state index contributed by atoms with van der Waals surface area (Å²) in [6.45, 7) is -0.0846. The van der Waals surface area contributed by atoms with Gasteiger partial charge in [0.1, 0.15) is 5.54 Å². The van der Waals surface area contributed by atoms with Crippen LogP contribution in [0.2, 0.25) is 0 Å². The van der Waals surface area contributed by atoms with Gasteiger partial charge >= 0.3 is 5.97 Å². The molecule has 0 spiro atoms. The van der Waals surface area contributed by atoms with Crippen LogP contribution in [0.3, 0.4) is 0 Å². The van der Waals surface area contributed by atoms with Crippen LogP contribution in [0.4, 0.5) is 0 Å². The molecular formula is C14H18N2O5S. The van der Waals surface area contributed by atoms with Gasteiger partial charge in [0.2, 0.25) is 15.9 Å². The Hall–Kier alpha value is -1.93. The molecule has 1 aromatic carbocycles. The minimum absolute atomic E-state index is 0.0846. The molecular weight excluding hydrogens is 308 g/mol. The number of sulfonamides is 1. The average molecular weight is 326 g/mol. The zero-order valence-electron chi connectivity index (χ0n) is 11.9. The predicted molar refractivity (Wildman–Crippen MR) is 78.6 cm³/mol. The van der Waals surface area contributed by atoms with Crippen molar-refractivity contribution in [3.05, 3.63) is 30.3 Å². The number of carbonyl (C=O) groups excluding carboxylic acids is 1. The molecule has 7 nitrogen and oxygen atoms in total. The van der Waals surface area contributed by atoms with E-state index in [1.54, 1.807) is 18.2 Å². The largest absolute Gasteiger partial charge is 0.480 e. The maximum absolute atomic E-state index is 11.9. The molecule has 0 aromatic heterocycles. The maximum atomic E-state index is 11.9. The van der Waals surface area contributed by atoms with Crippen LogP contribution in [0, 0.1) is 0 Å². The lowest BCUT2D eigenvalue weighted by atomic mass is 9.76. The minimum atomic E-state index is -3.65. The first-order chi connectivity index (χ1) is 10.4. The lowest BCUT2D eigenvalue weighted by Crippen LogP contribution is -2.59. The Morgan fingerprint density at radius 2 is 1.82 bits per heavy atom. The zero-order chi connectivity index (χ0) is 16.2. The molecule has 120 valence electrons. The van der Waals surface area contributed by atoms with Crippen molar-refractivity contribution in [3.8, 4) is 0 Å². The van der Waals surface area contributed by atoms with Crippen LogP contribution < -0.4 is 10.0 Å². The first-order valence-corrected chi connectivity index (χ1v) is 8.43. The number of carbonyl (C=O) groups is 2. The van der Waals surface area contributed by atoms with Crippen molar-refractivity contribution in [3.63, 3.8) is 0 Å². The smallest absolute Gasteiger partial charge is 0.329 e. The Morgan fingerprint density at radius 3 is 2.32 bits per heavy atom. The van der Waals surface area contributed by atoms with Gasteiger partial charge in [0.05, 0.1) is 4.90 Å². The third-order valence-corrected chi connectivity index (χ3v) is 5.17. The van der Waals surface area contributed by atoms with Gasteiger partial charge in [0, 0.05) is 13.0 Å². The van der Waals surface area contributed by atoms with Crippen molar-refractivity contribution in [1.29, 1.82) is 0 Å². The van der Waals surface area contributed by atoms with Crippen molar-refractivity contribution in [1.82, 2.24) is 10.0 Å². The molecule has 1 aliphatic carbocycles. The van der Waals surface area contributed by atoms with E-state index in [1.807, 2.05) is 0 Å². The first-order valence-electron chi connectivity index (χ1n) is 6.95. The Labute approximate surface area is 128 Å². The van der Waals surface area contributed by atoms with Crippen LogP contribution >= 0.6 is 0 Å². The molecule has 1 fully saturated rings. The van der Waals surface area contributed by atoms with E-state index in [-0.39, 0.29) is 17.9 Å². The van der Waals surface area contributed by atoms with Crippen molar-refractivity contribution in [2.75, 3.05) is 6.54 Å². The van der Waals surface area contributed by atoms with Crippen LogP contribution in [0.15, 0.2) is 35.2 Å². The molecule has 1 aliphatic rings. The Morgan fingerprint density at radius 1 is 1.18 bits per heavy atom. The van der Waals surface area contributed by atoms with E-state index < -0.39 is 27.4 Å². The summed E-state index contributed by atoms with van der Waals surface area (Å²) in [5, 5.41) is 11.6. The molecule has 0 radical (unpaired) electrons. The van der Waals surface area contributed by atoms with Gasteiger partial charge in [-0.1, -0.05) is 18.2 Å². The van der Waals surface area contributed by atoms with E-state index in [4.69, 9.17) is 5.11 Å². The van der Waals surface area contributed by atoms with Crippen molar-refractivity contribution < 1.29 is 23.1 Å². The third kappa shape index (κ3) is 3.63. The molecule has 22 heavy (non-hydrogen) atoms. The molecule has 0 atom stereocenters. The number of aliphatic carboxylic acids is 1. The van der Waals surface area contributed by atoms with Crippen LogP contribution in [0.1, 0.15) is 25.7 Å². The second-order valence-corrected chi connectivity index (χ2v) is 7.02. The molecule has 8 heteroatoms. The Balaban J connectivity index is 1.84. The van der Waals surface area contributed by atoms with Crippen LogP contribution in [0.25, 0.3) is 0 Å². The second-order valence-electron chi connectivity index (χ2n) is 5.25. The van der Waals surface area contributed by atoms with Crippen LogP contribution in [0.5, 0.6) is 0 Å². The molecule has 2 rings (SSSR count). The van der Waals surface area contributed by atoms with Crippen molar-refractivity contribution >= 4 is 21.9 Å². The van der Waals surface area contributed by atoms with Gasteiger partial charge in [0.25, 0.3) is 0 Å². The molecule has 0 unspecified atom stereocenters. The SMILES string of the molecule is O=C(CCNS(=O)(=O)c1ccccc1)NC1(C(=O)O)CCC1. The van der Waals surface area contributed by atoms with E-state index in [0.29, 0.717) is 12.8 Å². The van der Waals surface area contributed by atoms with Gasteiger partial charge in [-0.05, 0) is 31.4 Å². The molecule has 0 saturated heterocycles. The van der Waals surface area contributed by atoms with Gasteiger partial charge in [0.15, 0.2) is 0 Å². The summed E-state index contributed by atoms with van der Waals surface area (Å²) in [7, 11) is -3.65. The number of nitrogens with one attached hydrogen (secondary N) is 2. The topological polar surface area (TPSA) is 113 Å². The number of hydrogen-bond acceptors (Lipinski definition) is 4. The van der Waals surface area contributed by atoms with Crippen molar-refractivity contribution in [2.24, 2.45) is 0 Å². The fourth-order valence-electron chi connectivity index (χ4n) is 2.23. The van der Waals surface area contributed by atoms with E-state index in [0.717, 1.165) is 6.42 Å². The number of benzene rings is 1. The predicted octanol–water partition coefficient (Wildman–Crippen LogP) is 0.478. The Kier molecular flexibility index (Phi) is 4.82. The Bertz CT molecular complexity index is 653. The summed E-state index contributed by atoms with van der Waals surface area (Å²) in [6.07, 6.45) is 1.46. The highest BCUT2D eigenvalue weighted by Gasteiger charge is 2.45. The standard InChI is InChI=1S/C14H18N2O5S/c17-12(16-14(13(18)19)8-4-9-14)7-10-15-22(20,21)11-5-2-1-3-6-11/h1-3,5-6,15H,4,7-10H2,(H,16,17)(H,18,19). The van der Waals surface area contributed by atoms with Gasteiger partial charge in [-0.3, -0.25) is 4.79 Å². The van der Waals surface area contributed by atoms with Crippen LogP contribution in [-0.2, 0) is 19.6 Å². The van der Waals surface area contributed by atoms with E-state index >= 15 is 0 Å². The number of carboxylic acids is 1. The number of amides is 1. The quantitative estimate of drug-likeness (QED) is 0.674. The number of rotatable bonds is 7. The lowest BCUT2D eigenvalue weighted by molar-refractivity contribution is -0.151. The molecule has 0 bridgehead atoms. The molecule has 3 N–H and O–H groups in total. The summed E-state index contributed by atoms with van der Waals surface area (Å²) >= 11 is 0. The fraction of sp³-hybridized carbons (Fsp3) is 0.429. The highest BCUT2D eigenvalue weighted by atomic mass is 32.2. The number of hydrogen-bond donors (Lipinski definition) is 3. The number of carboxylic acid groups (broad SMARTS) is 1. The summed E-state index contributed by atoms with van der Waals surface area (Å²) < 4.78 is 26.2. The highest BCUT2D eigenvalue weighted by molar-refractivity contribution is 7.89. The summed E-state index contributed by atoms with van der Waals surface area (Å²) in [5.74, 6) is -1.52. The van der Waals surface area contributed by atoms with Gasteiger partial charge < -0.3 is 10.4 Å². The average Bonchev–Trinajstić information content (AvgIpc) is 2.43. The maximum Gasteiger partial charge on any atom is 0.329 e. The molecule has 1 amide bonds. The normalized spacial score (nSPS) is 16.5. The van der Waals surface area contributed by atoms with Gasteiger partial charge in [-0.25, -0.2) is 17.9 Å². The summed E-state index contributed by atoms with van der Waals surface area (Å²) in [5.41, 5.74) is -1.17. The van der Waals surface area contributed by atoms with E-state index in [9.17, 15) is 18.0 Å². The molecule has 1 aromatic rings. The van der Waals surface area contributed by atoms with E-state index in [1.165, 1.54) is 12.1 Å². The van der Waals surface area contributed by atoms with Gasteiger partial charge in [-0.2, -0.15) is 0 Å². The lowest BCUT2D eigenvalue weighted by Gasteiger charge is -2.38. The first kappa shape index (κ1) is 16.4. The summed E-state index contributed by atoms with van der Waals surface area (Å²) in [6, 6.07) is 7.83. The van der Waals surface area contributed by atoms with E-state index in [2.05, 4.69) is 10.0 Å². The monoisotopic (exact) mass is 326 g/mol.